The highest BCUT2D eigenvalue weighted by Crippen LogP contribution is 2.35. The third-order valence-corrected chi connectivity index (χ3v) is 6.89. The quantitative estimate of drug-likeness (QED) is 0.828. The van der Waals surface area contributed by atoms with Gasteiger partial charge in [-0.3, -0.25) is 14.2 Å². The molecular formula is C19H25N3O2S. The number of aryl methyl sites for hydroxylation is 1. The molecule has 4 rings (SSSR count). The summed E-state index contributed by atoms with van der Waals surface area (Å²) in [5.41, 5.74) is 1.14. The smallest absolute Gasteiger partial charge is 0.262 e. The van der Waals surface area contributed by atoms with Crippen molar-refractivity contribution in [1.82, 2.24) is 14.5 Å². The number of hydrogen-bond donors (Lipinski definition) is 0. The molecule has 0 spiro atoms. The number of hydrogen-bond acceptors (Lipinski definition) is 4. The molecule has 0 aromatic carbocycles. The van der Waals surface area contributed by atoms with Crippen LogP contribution in [0.1, 0.15) is 43.6 Å². The normalized spacial score (nSPS) is 21.5. The van der Waals surface area contributed by atoms with Gasteiger partial charge in [0.15, 0.2) is 0 Å². The molecule has 1 aliphatic heterocycles. The van der Waals surface area contributed by atoms with E-state index in [0.29, 0.717) is 11.8 Å². The van der Waals surface area contributed by atoms with Crippen molar-refractivity contribution < 1.29 is 4.79 Å². The number of likely N-dealkylation sites (tertiary alicyclic amines) is 1. The van der Waals surface area contributed by atoms with Gasteiger partial charge in [0.25, 0.3) is 5.56 Å². The fraction of sp³-hybridized carbons (Fsp3) is 0.632. The molecule has 6 heteroatoms. The zero-order valence-corrected chi connectivity index (χ0v) is 15.8. The van der Waals surface area contributed by atoms with E-state index in [9.17, 15) is 9.59 Å². The van der Waals surface area contributed by atoms with Crippen LogP contribution in [0.25, 0.3) is 10.2 Å². The topological polar surface area (TPSA) is 55.2 Å². The van der Waals surface area contributed by atoms with E-state index >= 15 is 0 Å². The van der Waals surface area contributed by atoms with Gasteiger partial charge in [0.1, 0.15) is 11.4 Å². The Labute approximate surface area is 151 Å². The van der Waals surface area contributed by atoms with Crippen molar-refractivity contribution in [3.05, 3.63) is 27.1 Å². The largest absolute Gasteiger partial charge is 0.341 e. The maximum Gasteiger partial charge on any atom is 0.262 e. The first kappa shape index (κ1) is 16.8. The van der Waals surface area contributed by atoms with E-state index in [-0.39, 0.29) is 18.0 Å². The van der Waals surface area contributed by atoms with Crippen LogP contribution < -0.4 is 5.56 Å². The van der Waals surface area contributed by atoms with Gasteiger partial charge in [-0.05, 0) is 49.5 Å². The summed E-state index contributed by atoms with van der Waals surface area (Å²) in [5, 5.41) is 0.759. The number of nitrogens with zero attached hydrogens (tertiary/aromatic N) is 3. The third kappa shape index (κ3) is 3.12. The maximum absolute atomic E-state index is 13.0. The second-order valence-electron chi connectivity index (χ2n) is 7.77. The number of piperidine rings is 1. The van der Waals surface area contributed by atoms with Gasteiger partial charge >= 0.3 is 0 Å². The van der Waals surface area contributed by atoms with Crippen molar-refractivity contribution in [3.63, 3.8) is 0 Å². The van der Waals surface area contributed by atoms with Gasteiger partial charge in [0, 0.05) is 18.0 Å². The molecule has 1 unspecified atom stereocenters. The summed E-state index contributed by atoms with van der Waals surface area (Å²) in [6.07, 6.45) is 6.77. The average Bonchev–Trinajstić information content (AvgIpc) is 2.96. The summed E-state index contributed by atoms with van der Waals surface area (Å²) in [4.78, 5) is 34.1. The van der Waals surface area contributed by atoms with Crippen LogP contribution in [-0.4, -0.2) is 33.4 Å². The van der Waals surface area contributed by atoms with Gasteiger partial charge in [0.2, 0.25) is 5.91 Å². The molecule has 2 aromatic heterocycles. The number of aromatic nitrogens is 2. The second-order valence-corrected chi connectivity index (χ2v) is 8.86. The summed E-state index contributed by atoms with van der Waals surface area (Å²) in [5.74, 6) is 1.39. The lowest BCUT2D eigenvalue weighted by molar-refractivity contribution is -0.133. The molecule has 134 valence electrons. The lowest BCUT2D eigenvalue weighted by Gasteiger charge is -2.30. The van der Waals surface area contributed by atoms with Crippen LogP contribution in [0.4, 0.5) is 0 Å². The summed E-state index contributed by atoms with van der Waals surface area (Å²) in [6, 6.07) is 0. The van der Waals surface area contributed by atoms with Crippen LogP contribution in [0.5, 0.6) is 0 Å². The van der Waals surface area contributed by atoms with Crippen LogP contribution in [0, 0.1) is 11.8 Å². The molecule has 1 fully saturated rings. The number of carbonyl (C=O) groups excluding carboxylic acids is 1. The molecule has 0 bridgehead atoms. The molecule has 0 saturated carbocycles. The van der Waals surface area contributed by atoms with E-state index in [1.54, 1.807) is 17.7 Å². The van der Waals surface area contributed by atoms with Crippen LogP contribution >= 0.6 is 11.3 Å². The van der Waals surface area contributed by atoms with Gasteiger partial charge in [-0.25, -0.2) is 4.98 Å². The minimum Gasteiger partial charge on any atom is -0.341 e. The zero-order chi connectivity index (χ0) is 17.6. The van der Waals surface area contributed by atoms with Crippen molar-refractivity contribution >= 4 is 27.5 Å². The lowest BCUT2D eigenvalue weighted by atomic mass is 9.89. The minimum absolute atomic E-state index is 0.0351. The zero-order valence-electron chi connectivity index (χ0n) is 15.0. The molecule has 1 amide bonds. The van der Waals surface area contributed by atoms with Gasteiger partial charge in [0.05, 0.1) is 11.7 Å². The Bertz CT molecular complexity index is 861. The van der Waals surface area contributed by atoms with Crippen LogP contribution in [0.15, 0.2) is 11.1 Å². The minimum atomic E-state index is -0.0456. The summed E-state index contributed by atoms with van der Waals surface area (Å²) >= 11 is 1.65. The highest BCUT2D eigenvalue weighted by molar-refractivity contribution is 7.18. The number of thiophene rings is 1. The Morgan fingerprint density at radius 1 is 1.24 bits per heavy atom. The maximum atomic E-state index is 13.0. The molecule has 2 aliphatic rings. The number of rotatable bonds is 2. The monoisotopic (exact) mass is 359 g/mol. The van der Waals surface area contributed by atoms with Crippen LogP contribution in [0.3, 0.4) is 0 Å². The Kier molecular flexibility index (Phi) is 4.40. The Hall–Kier alpha value is -1.69. The van der Waals surface area contributed by atoms with Gasteiger partial charge < -0.3 is 4.90 Å². The molecule has 3 heterocycles. The predicted molar refractivity (Wildman–Crippen MR) is 100 cm³/mol. The van der Waals surface area contributed by atoms with Crippen molar-refractivity contribution in [2.45, 2.75) is 52.5 Å². The highest BCUT2D eigenvalue weighted by Gasteiger charge is 2.25. The van der Waals surface area contributed by atoms with Gasteiger partial charge in [-0.1, -0.05) is 13.8 Å². The van der Waals surface area contributed by atoms with Crippen molar-refractivity contribution in [1.29, 1.82) is 0 Å². The second kappa shape index (κ2) is 6.56. The van der Waals surface area contributed by atoms with E-state index in [2.05, 4.69) is 18.8 Å². The molecule has 1 saturated heterocycles. The SMILES string of the molecule is CC1CCN(C(=O)Cn2cnc3sc4c(c3c2=O)CCC(C)C4)CC1. The Morgan fingerprint density at radius 3 is 2.76 bits per heavy atom. The molecule has 0 radical (unpaired) electrons. The summed E-state index contributed by atoms with van der Waals surface area (Å²) in [7, 11) is 0. The molecule has 2 aromatic rings. The van der Waals surface area contributed by atoms with Gasteiger partial charge in [-0.2, -0.15) is 0 Å². The first-order chi connectivity index (χ1) is 12.0. The summed E-state index contributed by atoms with van der Waals surface area (Å²) < 4.78 is 1.51. The molecular weight excluding hydrogens is 334 g/mol. The first-order valence-corrected chi connectivity index (χ1v) is 10.1. The number of fused-ring (bicyclic) bond motifs is 3. The van der Waals surface area contributed by atoms with Gasteiger partial charge in [-0.15, -0.1) is 11.3 Å². The molecule has 5 nitrogen and oxygen atoms in total. The fourth-order valence-corrected chi connectivity index (χ4v) is 5.32. The van der Waals surface area contributed by atoms with Crippen molar-refractivity contribution in [3.8, 4) is 0 Å². The van der Waals surface area contributed by atoms with Crippen molar-refractivity contribution in [2.75, 3.05) is 13.1 Å². The predicted octanol–water partition coefficient (Wildman–Crippen LogP) is 2.84. The third-order valence-electron chi connectivity index (χ3n) is 5.72. The molecule has 0 N–H and O–H groups in total. The van der Waals surface area contributed by atoms with E-state index in [1.807, 2.05) is 4.90 Å². The Morgan fingerprint density at radius 2 is 2.00 bits per heavy atom. The lowest BCUT2D eigenvalue weighted by Crippen LogP contribution is -2.41. The Balaban J connectivity index is 1.61. The van der Waals surface area contributed by atoms with E-state index in [0.717, 1.165) is 55.4 Å². The molecule has 25 heavy (non-hydrogen) atoms. The number of carbonyl (C=O) groups is 1. The fourth-order valence-electron chi connectivity index (χ4n) is 3.98. The van der Waals surface area contributed by atoms with Crippen LogP contribution in [0.2, 0.25) is 0 Å². The molecule has 1 aliphatic carbocycles. The van der Waals surface area contributed by atoms with E-state index in [1.165, 1.54) is 15.0 Å². The molecule has 1 atom stereocenters. The summed E-state index contributed by atoms with van der Waals surface area (Å²) in [6.45, 7) is 6.20. The van der Waals surface area contributed by atoms with Crippen molar-refractivity contribution in [2.24, 2.45) is 11.8 Å². The van der Waals surface area contributed by atoms with E-state index < -0.39 is 0 Å². The first-order valence-electron chi connectivity index (χ1n) is 9.30. The number of amides is 1. The van der Waals surface area contributed by atoms with E-state index in [4.69, 9.17) is 0 Å². The van der Waals surface area contributed by atoms with Crippen LogP contribution in [-0.2, 0) is 24.2 Å². The standard InChI is InChI=1S/C19H25N3O2S/c1-12-5-7-21(8-6-12)16(23)10-22-11-20-18-17(19(22)24)14-4-3-13(2)9-15(14)25-18/h11-13H,3-10H2,1-2H3. The highest BCUT2D eigenvalue weighted by atomic mass is 32.1. The average molecular weight is 359 g/mol.